The highest BCUT2D eigenvalue weighted by atomic mass is 79.9. The van der Waals surface area contributed by atoms with Gasteiger partial charge in [0.1, 0.15) is 0 Å². The lowest BCUT2D eigenvalue weighted by atomic mass is 9.96. The zero-order chi connectivity index (χ0) is 10.3. The molecule has 0 amide bonds. The molecule has 1 saturated heterocycles. The maximum absolute atomic E-state index is 4.28. The Bertz CT molecular complexity index is 380. The minimum Gasteiger partial charge on any atom is -0.364 e. The summed E-state index contributed by atoms with van der Waals surface area (Å²) >= 11 is 3.59. The summed E-state index contributed by atoms with van der Waals surface area (Å²) < 4.78 is 1.16. The quantitative estimate of drug-likeness (QED) is 0.774. The first kappa shape index (κ1) is 9.60. The molecule has 3 nitrogen and oxygen atoms in total. The number of rotatable bonds is 0. The second-order valence-electron chi connectivity index (χ2n) is 4.21. The topological polar surface area (TPSA) is 28.2 Å². The molecule has 1 aromatic rings. The lowest BCUT2D eigenvalue weighted by molar-refractivity contribution is 0.439. The smallest absolute Gasteiger partial charge is 0.0600 e. The van der Waals surface area contributed by atoms with E-state index in [1.54, 1.807) is 0 Å². The summed E-state index contributed by atoms with van der Waals surface area (Å²) in [5, 5.41) is 3.46. The molecule has 2 aliphatic heterocycles. The molecular formula is C11H14BrN3. The normalized spacial score (nSPS) is 24.6. The van der Waals surface area contributed by atoms with Gasteiger partial charge in [0.25, 0.3) is 0 Å². The van der Waals surface area contributed by atoms with Crippen molar-refractivity contribution in [3.63, 3.8) is 0 Å². The van der Waals surface area contributed by atoms with Crippen LogP contribution in [0.15, 0.2) is 16.9 Å². The van der Waals surface area contributed by atoms with Crippen LogP contribution < -0.4 is 10.2 Å². The van der Waals surface area contributed by atoms with E-state index in [4.69, 9.17) is 0 Å². The van der Waals surface area contributed by atoms with Gasteiger partial charge in [-0.2, -0.15) is 0 Å². The van der Waals surface area contributed by atoms with Crippen molar-refractivity contribution in [2.75, 3.05) is 24.5 Å². The summed E-state index contributed by atoms with van der Waals surface area (Å²) in [6.45, 7) is 3.31. The highest BCUT2D eigenvalue weighted by Gasteiger charge is 2.29. The van der Waals surface area contributed by atoms with Crippen molar-refractivity contribution in [3.8, 4) is 0 Å². The van der Waals surface area contributed by atoms with E-state index in [1.807, 2.05) is 12.4 Å². The first-order valence-corrected chi connectivity index (χ1v) is 6.25. The summed E-state index contributed by atoms with van der Waals surface area (Å²) in [6, 6.07) is 0.669. The predicted octanol–water partition coefficient (Wildman–Crippen LogP) is 1.57. The minimum atomic E-state index is 0.669. The SMILES string of the molecule is Brc1cncc2c1CCC1CNCCN21. The van der Waals surface area contributed by atoms with Crippen molar-refractivity contribution < 1.29 is 0 Å². The zero-order valence-electron chi connectivity index (χ0n) is 8.54. The maximum atomic E-state index is 4.28. The Hall–Kier alpha value is -0.610. The molecule has 3 heterocycles. The van der Waals surface area contributed by atoms with Crippen LogP contribution in [0.1, 0.15) is 12.0 Å². The number of aromatic nitrogens is 1. The van der Waals surface area contributed by atoms with Crippen LogP contribution in [0, 0.1) is 0 Å². The second kappa shape index (κ2) is 3.76. The van der Waals surface area contributed by atoms with Gasteiger partial charge in [-0.1, -0.05) is 0 Å². The van der Waals surface area contributed by atoms with Gasteiger partial charge in [0.05, 0.1) is 11.9 Å². The van der Waals surface area contributed by atoms with Crippen LogP contribution in [0.2, 0.25) is 0 Å². The third kappa shape index (κ3) is 1.56. The maximum Gasteiger partial charge on any atom is 0.0600 e. The molecule has 1 aromatic heterocycles. The number of hydrogen-bond donors (Lipinski definition) is 1. The van der Waals surface area contributed by atoms with E-state index >= 15 is 0 Å². The molecule has 1 unspecified atom stereocenters. The van der Waals surface area contributed by atoms with Crippen LogP contribution in [0.3, 0.4) is 0 Å². The van der Waals surface area contributed by atoms with Gasteiger partial charge < -0.3 is 10.2 Å². The Kier molecular flexibility index (Phi) is 2.41. The Morgan fingerprint density at radius 3 is 3.33 bits per heavy atom. The van der Waals surface area contributed by atoms with Crippen LogP contribution in [0.4, 0.5) is 5.69 Å². The molecule has 0 radical (unpaired) electrons. The van der Waals surface area contributed by atoms with Crippen LogP contribution in [-0.2, 0) is 6.42 Å². The largest absolute Gasteiger partial charge is 0.364 e. The number of nitrogens with one attached hydrogen (secondary N) is 1. The Morgan fingerprint density at radius 1 is 1.47 bits per heavy atom. The van der Waals surface area contributed by atoms with Gasteiger partial charge >= 0.3 is 0 Å². The molecule has 1 fully saturated rings. The lowest BCUT2D eigenvalue weighted by Crippen LogP contribution is -2.53. The lowest BCUT2D eigenvalue weighted by Gasteiger charge is -2.42. The van der Waals surface area contributed by atoms with Crippen molar-refractivity contribution in [2.24, 2.45) is 0 Å². The van der Waals surface area contributed by atoms with E-state index in [1.165, 1.54) is 24.1 Å². The van der Waals surface area contributed by atoms with E-state index in [-0.39, 0.29) is 0 Å². The highest BCUT2D eigenvalue weighted by Crippen LogP contribution is 2.34. The van der Waals surface area contributed by atoms with Crippen LogP contribution in [0.5, 0.6) is 0 Å². The van der Waals surface area contributed by atoms with E-state index in [0.717, 1.165) is 24.1 Å². The van der Waals surface area contributed by atoms with Crippen molar-refractivity contribution in [1.82, 2.24) is 10.3 Å². The fourth-order valence-electron chi connectivity index (χ4n) is 2.59. The molecule has 1 atom stereocenters. The zero-order valence-corrected chi connectivity index (χ0v) is 10.1. The second-order valence-corrected chi connectivity index (χ2v) is 5.06. The van der Waals surface area contributed by atoms with Gasteiger partial charge in [-0.05, 0) is 34.3 Å². The first-order chi connectivity index (χ1) is 7.36. The summed E-state index contributed by atoms with van der Waals surface area (Å²) in [6.07, 6.45) is 6.34. The highest BCUT2D eigenvalue weighted by molar-refractivity contribution is 9.10. The predicted molar refractivity (Wildman–Crippen MR) is 64.3 cm³/mol. The van der Waals surface area contributed by atoms with E-state index in [9.17, 15) is 0 Å². The van der Waals surface area contributed by atoms with Crippen LogP contribution >= 0.6 is 15.9 Å². The van der Waals surface area contributed by atoms with Crippen LogP contribution in [-0.4, -0.2) is 30.7 Å². The number of pyridine rings is 1. The van der Waals surface area contributed by atoms with E-state index < -0.39 is 0 Å². The molecular weight excluding hydrogens is 254 g/mol. The monoisotopic (exact) mass is 267 g/mol. The average molecular weight is 268 g/mol. The molecule has 15 heavy (non-hydrogen) atoms. The van der Waals surface area contributed by atoms with Gasteiger partial charge in [0, 0.05) is 36.3 Å². The molecule has 0 spiro atoms. The average Bonchev–Trinajstić information content (AvgIpc) is 2.29. The molecule has 0 bridgehead atoms. The summed E-state index contributed by atoms with van der Waals surface area (Å²) in [5.74, 6) is 0. The molecule has 80 valence electrons. The molecule has 3 rings (SSSR count). The van der Waals surface area contributed by atoms with Crippen molar-refractivity contribution in [1.29, 1.82) is 0 Å². The molecule has 0 aliphatic carbocycles. The molecule has 0 aromatic carbocycles. The molecule has 2 aliphatic rings. The standard InChI is InChI=1S/C11H14BrN3/c12-10-6-14-7-11-9(10)2-1-8-5-13-3-4-15(8)11/h6-8,13H,1-5H2. The Balaban J connectivity index is 2.03. The van der Waals surface area contributed by atoms with Gasteiger partial charge in [0.15, 0.2) is 0 Å². The third-order valence-corrected chi connectivity index (χ3v) is 4.05. The minimum absolute atomic E-state index is 0.669. The van der Waals surface area contributed by atoms with Crippen molar-refractivity contribution in [3.05, 3.63) is 22.4 Å². The van der Waals surface area contributed by atoms with Crippen molar-refractivity contribution >= 4 is 21.6 Å². The van der Waals surface area contributed by atoms with Gasteiger partial charge in [-0.3, -0.25) is 4.98 Å². The number of hydrogen-bond acceptors (Lipinski definition) is 3. The number of fused-ring (bicyclic) bond motifs is 3. The first-order valence-electron chi connectivity index (χ1n) is 5.46. The van der Waals surface area contributed by atoms with Crippen LogP contribution in [0.25, 0.3) is 0 Å². The van der Waals surface area contributed by atoms with Gasteiger partial charge in [-0.25, -0.2) is 0 Å². The van der Waals surface area contributed by atoms with Gasteiger partial charge in [-0.15, -0.1) is 0 Å². The molecule has 1 N–H and O–H groups in total. The molecule has 4 heteroatoms. The summed E-state index contributed by atoms with van der Waals surface area (Å²) in [4.78, 5) is 6.79. The number of anilines is 1. The van der Waals surface area contributed by atoms with E-state index in [0.29, 0.717) is 6.04 Å². The van der Waals surface area contributed by atoms with Crippen molar-refractivity contribution in [2.45, 2.75) is 18.9 Å². The number of halogens is 1. The Morgan fingerprint density at radius 2 is 2.40 bits per heavy atom. The number of nitrogens with zero attached hydrogens (tertiary/aromatic N) is 2. The summed E-state index contributed by atoms with van der Waals surface area (Å²) in [7, 11) is 0. The summed E-state index contributed by atoms with van der Waals surface area (Å²) in [5.41, 5.74) is 2.77. The van der Waals surface area contributed by atoms with E-state index in [2.05, 4.69) is 31.1 Å². The molecule has 0 saturated carbocycles. The fourth-order valence-corrected chi connectivity index (χ4v) is 3.11. The van der Waals surface area contributed by atoms with Gasteiger partial charge in [0.2, 0.25) is 0 Å². The third-order valence-electron chi connectivity index (χ3n) is 3.37. The fraction of sp³-hybridized carbons (Fsp3) is 0.545. The number of piperazine rings is 1. The Labute approximate surface area is 98.0 Å².